The SMILES string of the molecule is Cc1cc(C)c(NC(=O)Cc2csc(COc3ccc(Cl)cc3)n2)c(C)c1. The normalized spacial score (nSPS) is 10.7. The van der Waals surface area contributed by atoms with Crippen molar-refractivity contribution >= 4 is 34.5 Å². The summed E-state index contributed by atoms with van der Waals surface area (Å²) in [6.45, 7) is 6.42. The number of hydrogen-bond acceptors (Lipinski definition) is 4. The fourth-order valence-corrected chi connectivity index (χ4v) is 3.73. The van der Waals surface area contributed by atoms with Gasteiger partial charge in [0.25, 0.3) is 0 Å². The summed E-state index contributed by atoms with van der Waals surface area (Å²) in [7, 11) is 0. The fraction of sp³-hybridized carbons (Fsp3) is 0.238. The number of rotatable bonds is 6. The van der Waals surface area contributed by atoms with Crippen LogP contribution in [0.2, 0.25) is 5.02 Å². The first-order chi connectivity index (χ1) is 12.9. The molecule has 0 saturated carbocycles. The van der Waals surface area contributed by atoms with Crippen LogP contribution in [-0.4, -0.2) is 10.9 Å². The smallest absolute Gasteiger partial charge is 0.230 e. The molecule has 0 aliphatic rings. The van der Waals surface area contributed by atoms with Crippen molar-refractivity contribution in [3.05, 3.63) is 74.2 Å². The number of thiazole rings is 1. The monoisotopic (exact) mass is 400 g/mol. The number of nitrogens with zero attached hydrogens (tertiary/aromatic N) is 1. The van der Waals surface area contributed by atoms with Gasteiger partial charge in [-0.25, -0.2) is 4.98 Å². The molecule has 0 bridgehead atoms. The number of anilines is 1. The Labute approximate surface area is 168 Å². The molecule has 0 radical (unpaired) electrons. The van der Waals surface area contributed by atoms with E-state index in [1.54, 1.807) is 12.1 Å². The Balaban J connectivity index is 1.57. The highest BCUT2D eigenvalue weighted by Gasteiger charge is 2.11. The van der Waals surface area contributed by atoms with E-state index in [1.807, 2.05) is 31.4 Å². The average molecular weight is 401 g/mol. The standard InChI is InChI=1S/C21H21ClN2O2S/c1-13-8-14(2)21(15(3)9-13)24-19(25)10-17-12-27-20(23-17)11-26-18-6-4-16(22)5-7-18/h4-9,12H,10-11H2,1-3H3,(H,24,25). The summed E-state index contributed by atoms with van der Waals surface area (Å²) in [6.07, 6.45) is 0.240. The van der Waals surface area contributed by atoms with Crippen molar-refractivity contribution < 1.29 is 9.53 Å². The number of benzene rings is 2. The van der Waals surface area contributed by atoms with E-state index in [4.69, 9.17) is 16.3 Å². The van der Waals surface area contributed by atoms with Gasteiger partial charge in [0.2, 0.25) is 5.91 Å². The third-order valence-electron chi connectivity index (χ3n) is 4.06. The molecule has 6 heteroatoms. The lowest BCUT2D eigenvalue weighted by Gasteiger charge is -2.12. The van der Waals surface area contributed by atoms with Gasteiger partial charge in [-0.2, -0.15) is 0 Å². The van der Waals surface area contributed by atoms with E-state index in [-0.39, 0.29) is 12.3 Å². The highest BCUT2D eigenvalue weighted by atomic mass is 35.5. The fourth-order valence-electron chi connectivity index (χ4n) is 2.90. The van der Waals surface area contributed by atoms with Crippen LogP contribution in [0.4, 0.5) is 5.69 Å². The minimum atomic E-state index is -0.0690. The van der Waals surface area contributed by atoms with Crippen LogP contribution in [0, 0.1) is 20.8 Å². The molecule has 3 aromatic rings. The molecule has 27 heavy (non-hydrogen) atoms. The molecule has 1 N–H and O–H groups in total. The third-order valence-corrected chi connectivity index (χ3v) is 5.18. The van der Waals surface area contributed by atoms with Crippen LogP contribution in [0.5, 0.6) is 5.75 Å². The van der Waals surface area contributed by atoms with Gasteiger partial charge < -0.3 is 10.1 Å². The lowest BCUT2D eigenvalue weighted by molar-refractivity contribution is -0.115. The van der Waals surface area contributed by atoms with E-state index in [1.165, 1.54) is 16.9 Å². The van der Waals surface area contributed by atoms with Crippen LogP contribution >= 0.6 is 22.9 Å². The number of nitrogens with one attached hydrogen (secondary N) is 1. The lowest BCUT2D eigenvalue weighted by Crippen LogP contribution is -2.16. The van der Waals surface area contributed by atoms with Crippen LogP contribution in [0.1, 0.15) is 27.4 Å². The molecule has 1 heterocycles. The topological polar surface area (TPSA) is 51.2 Å². The zero-order valence-corrected chi connectivity index (χ0v) is 17.1. The van der Waals surface area contributed by atoms with Crippen LogP contribution in [0.15, 0.2) is 41.8 Å². The van der Waals surface area contributed by atoms with E-state index < -0.39 is 0 Å². The number of ether oxygens (including phenoxy) is 1. The highest BCUT2D eigenvalue weighted by Crippen LogP contribution is 2.22. The first-order valence-electron chi connectivity index (χ1n) is 8.60. The number of carbonyl (C=O) groups is 1. The summed E-state index contributed by atoms with van der Waals surface area (Å²) < 4.78 is 5.69. The summed E-state index contributed by atoms with van der Waals surface area (Å²) in [5.41, 5.74) is 4.95. The average Bonchev–Trinajstić information content (AvgIpc) is 3.05. The molecule has 4 nitrogen and oxygen atoms in total. The van der Waals surface area contributed by atoms with Crippen LogP contribution < -0.4 is 10.1 Å². The maximum Gasteiger partial charge on any atom is 0.230 e. The molecule has 0 aliphatic carbocycles. The predicted molar refractivity (Wildman–Crippen MR) is 111 cm³/mol. The second-order valence-corrected chi connectivity index (χ2v) is 7.85. The van der Waals surface area contributed by atoms with Gasteiger partial charge in [-0.15, -0.1) is 11.3 Å². The minimum absolute atomic E-state index is 0.0690. The van der Waals surface area contributed by atoms with Crippen LogP contribution in [0.3, 0.4) is 0 Å². The van der Waals surface area contributed by atoms with Crippen molar-refractivity contribution in [2.75, 3.05) is 5.32 Å². The van der Waals surface area contributed by atoms with Gasteiger partial charge in [-0.1, -0.05) is 29.3 Å². The van der Waals surface area contributed by atoms with Gasteiger partial charge in [-0.05, 0) is 56.2 Å². The summed E-state index contributed by atoms with van der Waals surface area (Å²) in [5, 5.41) is 6.41. The Kier molecular flexibility index (Phi) is 6.14. The Bertz CT molecular complexity index is 928. The van der Waals surface area contributed by atoms with E-state index >= 15 is 0 Å². The molecule has 0 saturated heterocycles. The summed E-state index contributed by atoms with van der Waals surface area (Å²) in [6, 6.07) is 11.3. The van der Waals surface area contributed by atoms with E-state index in [9.17, 15) is 4.79 Å². The quantitative estimate of drug-likeness (QED) is 0.595. The summed E-state index contributed by atoms with van der Waals surface area (Å²) >= 11 is 7.35. The summed E-state index contributed by atoms with van der Waals surface area (Å²) in [4.78, 5) is 16.9. The lowest BCUT2D eigenvalue weighted by atomic mass is 10.0. The van der Waals surface area contributed by atoms with Crippen molar-refractivity contribution in [2.24, 2.45) is 0 Å². The molecule has 1 amide bonds. The van der Waals surface area contributed by atoms with Gasteiger partial charge in [0, 0.05) is 16.1 Å². The first kappa shape index (κ1) is 19.4. The Hall–Kier alpha value is -2.37. The number of hydrogen-bond donors (Lipinski definition) is 1. The molecule has 0 spiro atoms. The third kappa shape index (κ3) is 5.31. The highest BCUT2D eigenvalue weighted by molar-refractivity contribution is 7.09. The summed E-state index contributed by atoms with van der Waals surface area (Å²) in [5.74, 6) is 0.666. The Morgan fingerprint density at radius 2 is 1.81 bits per heavy atom. The molecule has 2 aromatic carbocycles. The van der Waals surface area contributed by atoms with Gasteiger partial charge in [0.05, 0.1) is 12.1 Å². The molecule has 0 unspecified atom stereocenters. The van der Waals surface area contributed by atoms with E-state index in [0.29, 0.717) is 11.6 Å². The van der Waals surface area contributed by atoms with Crippen molar-refractivity contribution in [3.63, 3.8) is 0 Å². The second kappa shape index (κ2) is 8.55. The van der Waals surface area contributed by atoms with E-state index in [2.05, 4.69) is 29.4 Å². The van der Waals surface area contributed by atoms with Crippen molar-refractivity contribution in [3.8, 4) is 5.75 Å². The number of carbonyl (C=O) groups excluding carboxylic acids is 1. The second-order valence-electron chi connectivity index (χ2n) is 6.47. The molecule has 0 atom stereocenters. The van der Waals surface area contributed by atoms with E-state index in [0.717, 1.165) is 33.3 Å². The van der Waals surface area contributed by atoms with Gasteiger partial charge >= 0.3 is 0 Å². The molecule has 0 aliphatic heterocycles. The first-order valence-corrected chi connectivity index (χ1v) is 9.86. The van der Waals surface area contributed by atoms with Gasteiger partial charge in [0.1, 0.15) is 17.4 Å². The number of halogens is 1. The van der Waals surface area contributed by atoms with Crippen LogP contribution in [0.25, 0.3) is 0 Å². The largest absolute Gasteiger partial charge is 0.486 e. The maximum atomic E-state index is 12.4. The van der Waals surface area contributed by atoms with Crippen molar-refractivity contribution in [1.82, 2.24) is 4.98 Å². The van der Waals surface area contributed by atoms with Crippen LogP contribution in [-0.2, 0) is 17.8 Å². The molecule has 140 valence electrons. The maximum absolute atomic E-state index is 12.4. The minimum Gasteiger partial charge on any atom is -0.486 e. The number of aryl methyl sites for hydroxylation is 3. The molecule has 0 fully saturated rings. The van der Waals surface area contributed by atoms with Gasteiger partial charge in [-0.3, -0.25) is 4.79 Å². The molecular formula is C21H21ClN2O2S. The van der Waals surface area contributed by atoms with Crippen molar-refractivity contribution in [2.45, 2.75) is 33.8 Å². The van der Waals surface area contributed by atoms with Gasteiger partial charge in [0.15, 0.2) is 0 Å². The Morgan fingerprint density at radius 1 is 1.15 bits per heavy atom. The Morgan fingerprint density at radius 3 is 2.48 bits per heavy atom. The number of aromatic nitrogens is 1. The zero-order chi connectivity index (χ0) is 19.4. The van der Waals surface area contributed by atoms with Crippen molar-refractivity contribution in [1.29, 1.82) is 0 Å². The molecular weight excluding hydrogens is 380 g/mol. The molecule has 1 aromatic heterocycles. The predicted octanol–water partition coefficient (Wildman–Crippen LogP) is 5.48. The molecule has 3 rings (SSSR count). The zero-order valence-electron chi connectivity index (χ0n) is 15.5. The number of amides is 1.